The van der Waals surface area contributed by atoms with E-state index in [1.54, 1.807) is 32.2 Å². The van der Waals surface area contributed by atoms with E-state index in [1.807, 2.05) is 6.92 Å². The Bertz CT molecular complexity index is 1560. The van der Waals surface area contributed by atoms with Crippen molar-refractivity contribution in [3.63, 3.8) is 0 Å². The van der Waals surface area contributed by atoms with Gasteiger partial charge in [0.1, 0.15) is 17.1 Å². The molecule has 35 heavy (non-hydrogen) atoms. The molecule has 0 aliphatic carbocycles. The topological polar surface area (TPSA) is 136 Å². The third-order valence-electron chi connectivity index (χ3n) is 5.33. The molecule has 2 aromatic carbocycles. The summed E-state index contributed by atoms with van der Waals surface area (Å²) in [5.41, 5.74) is 1.52. The zero-order valence-corrected chi connectivity index (χ0v) is 20.3. The van der Waals surface area contributed by atoms with Crippen LogP contribution < -0.4 is 15.0 Å². The van der Waals surface area contributed by atoms with E-state index in [0.717, 1.165) is 6.42 Å². The van der Waals surface area contributed by atoms with Crippen molar-refractivity contribution in [1.29, 1.82) is 0 Å². The van der Waals surface area contributed by atoms with E-state index in [0.29, 0.717) is 35.5 Å². The van der Waals surface area contributed by atoms with Gasteiger partial charge in [-0.3, -0.25) is 14.3 Å². The number of carbonyl (C=O) groups excluding carboxylic acids is 1. The fourth-order valence-corrected chi connectivity index (χ4v) is 4.75. The molecule has 0 saturated carbocycles. The second-order valence-corrected chi connectivity index (χ2v) is 9.51. The lowest BCUT2D eigenvalue weighted by molar-refractivity contribution is 0.0981. The van der Waals surface area contributed by atoms with Crippen molar-refractivity contribution in [1.82, 2.24) is 24.5 Å². The molecule has 0 fully saturated rings. The summed E-state index contributed by atoms with van der Waals surface area (Å²) in [4.78, 5) is 32.5. The molecular weight excluding hydrogens is 470 g/mol. The highest BCUT2D eigenvalue weighted by molar-refractivity contribution is 7.90. The molecule has 0 atom stereocenters. The summed E-state index contributed by atoms with van der Waals surface area (Å²) in [6, 6.07) is 12.2. The van der Waals surface area contributed by atoms with Gasteiger partial charge in [-0.05, 0) is 43.7 Å². The van der Waals surface area contributed by atoms with E-state index in [4.69, 9.17) is 4.74 Å². The summed E-state index contributed by atoms with van der Waals surface area (Å²) in [6.45, 7) is 4.10. The summed E-state index contributed by atoms with van der Waals surface area (Å²) in [5.74, 6) is -0.277. The van der Waals surface area contributed by atoms with Gasteiger partial charge in [-0.25, -0.2) is 18.1 Å². The number of benzene rings is 2. The zero-order chi connectivity index (χ0) is 25.2. The first kappa shape index (κ1) is 24.1. The number of rotatable bonds is 8. The van der Waals surface area contributed by atoms with Crippen molar-refractivity contribution in [2.75, 3.05) is 6.61 Å². The van der Waals surface area contributed by atoms with Gasteiger partial charge in [-0.15, -0.1) is 0 Å². The van der Waals surface area contributed by atoms with Crippen LogP contribution in [0.4, 0.5) is 0 Å². The van der Waals surface area contributed by atoms with E-state index in [2.05, 4.69) is 19.8 Å². The Morgan fingerprint density at radius 3 is 2.57 bits per heavy atom. The summed E-state index contributed by atoms with van der Waals surface area (Å²) < 4.78 is 35.3. The maximum Gasteiger partial charge on any atom is 0.277 e. The number of aromatic amines is 1. The van der Waals surface area contributed by atoms with Crippen molar-refractivity contribution in [3.8, 4) is 17.1 Å². The molecule has 0 aliphatic rings. The molecule has 10 nitrogen and oxygen atoms in total. The molecule has 11 heteroatoms. The van der Waals surface area contributed by atoms with Crippen molar-refractivity contribution >= 4 is 27.0 Å². The predicted molar refractivity (Wildman–Crippen MR) is 131 cm³/mol. The Hall–Kier alpha value is -3.99. The molecule has 4 aromatic rings. The van der Waals surface area contributed by atoms with Gasteiger partial charge in [0.05, 0.1) is 22.8 Å². The maximum atomic E-state index is 13.0. The van der Waals surface area contributed by atoms with Gasteiger partial charge >= 0.3 is 0 Å². The molecule has 0 spiro atoms. The minimum absolute atomic E-state index is 0.141. The van der Waals surface area contributed by atoms with Gasteiger partial charge in [0.2, 0.25) is 0 Å². The smallest absolute Gasteiger partial charge is 0.277 e. The molecular formula is C24H25N5O5S. The molecule has 0 unspecified atom stereocenters. The maximum absolute atomic E-state index is 13.0. The van der Waals surface area contributed by atoms with Gasteiger partial charge < -0.3 is 9.72 Å². The number of sulfonamides is 1. The molecule has 2 N–H and O–H groups in total. The number of ether oxygens (including phenoxy) is 1. The van der Waals surface area contributed by atoms with E-state index in [1.165, 1.54) is 35.0 Å². The first-order chi connectivity index (χ1) is 16.7. The highest BCUT2D eigenvalue weighted by Crippen LogP contribution is 2.31. The minimum atomic E-state index is -4.23. The summed E-state index contributed by atoms with van der Waals surface area (Å²) >= 11 is 0. The predicted octanol–water partition coefficient (Wildman–Crippen LogP) is 2.79. The molecule has 0 radical (unpaired) electrons. The molecule has 2 aromatic heterocycles. The number of hydrogen-bond acceptors (Lipinski definition) is 7. The highest BCUT2D eigenvalue weighted by atomic mass is 32.2. The van der Waals surface area contributed by atoms with Gasteiger partial charge in [0.15, 0.2) is 5.52 Å². The third-order valence-corrected chi connectivity index (χ3v) is 6.66. The van der Waals surface area contributed by atoms with Crippen LogP contribution in [0.3, 0.4) is 0 Å². The number of aromatic nitrogens is 4. The quantitative estimate of drug-likeness (QED) is 0.384. The SMILES string of the molecule is CCCc1nn(C)c2c(=O)[nH]c(-c3cc(S(=O)(=O)NC(=O)c4ccccc4)ccc3OCC)nc12. The van der Waals surface area contributed by atoms with Crippen LogP contribution >= 0.6 is 0 Å². The molecule has 0 bridgehead atoms. The third kappa shape index (κ3) is 4.80. The number of nitrogens with one attached hydrogen (secondary N) is 2. The average Bonchev–Trinajstić information content (AvgIpc) is 3.15. The Morgan fingerprint density at radius 2 is 1.89 bits per heavy atom. The monoisotopic (exact) mass is 495 g/mol. The van der Waals surface area contributed by atoms with Crippen LogP contribution in [-0.2, 0) is 23.5 Å². The number of aryl methyl sites for hydroxylation is 2. The van der Waals surface area contributed by atoms with E-state index in [9.17, 15) is 18.0 Å². The number of fused-ring (bicyclic) bond motifs is 1. The summed E-state index contributed by atoms with van der Waals surface area (Å²) in [6.07, 6.45) is 1.44. The highest BCUT2D eigenvalue weighted by Gasteiger charge is 2.23. The van der Waals surface area contributed by atoms with Gasteiger partial charge in [0.25, 0.3) is 21.5 Å². The van der Waals surface area contributed by atoms with Crippen molar-refractivity contribution in [3.05, 3.63) is 70.1 Å². The first-order valence-corrected chi connectivity index (χ1v) is 12.6. The number of nitrogens with zero attached hydrogens (tertiary/aromatic N) is 3. The number of amides is 1. The zero-order valence-electron chi connectivity index (χ0n) is 19.5. The Morgan fingerprint density at radius 1 is 1.14 bits per heavy atom. The van der Waals surface area contributed by atoms with Gasteiger partial charge in [0, 0.05) is 12.6 Å². The van der Waals surface area contributed by atoms with Crippen molar-refractivity contribution < 1.29 is 17.9 Å². The molecule has 182 valence electrons. The average molecular weight is 496 g/mol. The Balaban J connectivity index is 1.82. The molecule has 4 rings (SSSR count). The second kappa shape index (κ2) is 9.71. The molecule has 0 saturated heterocycles. The lowest BCUT2D eigenvalue weighted by atomic mass is 10.1. The van der Waals surface area contributed by atoms with Crippen molar-refractivity contribution in [2.45, 2.75) is 31.6 Å². The van der Waals surface area contributed by atoms with Gasteiger partial charge in [-0.2, -0.15) is 5.10 Å². The largest absolute Gasteiger partial charge is 0.493 e. The van der Waals surface area contributed by atoms with E-state index < -0.39 is 21.5 Å². The van der Waals surface area contributed by atoms with Crippen LogP contribution in [0.25, 0.3) is 22.4 Å². The van der Waals surface area contributed by atoms with Gasteiger partial charge in [-0.1, -0.05) is 31.5 Å². The molecule has 2 heterocycles. The van der Waals surface area contributed by atoms with Crippen LogP contribution in [0.5, 0.6) is 5.75 Å². The first-order valence-electron chi connectivity index (χ1n) is 11.1. The van der Waals surface area contributed by atoms with Crippen LogP contribution in [0.1, 0.15) is 36.3 Å². The molecule has 0 aliphatic heterocycles. The standard InChI is InChI=1S/C24H25N5O5S/c1-4-9-18-20-21(29(3)27-18)24(31)26-22(25-20)17-14-16(12-13-19(17)34-5-2)35(32,33)28-23(30)15-10-7-6-8-11-15/h6-8,10-14H,4-5,9H2,1-3H3,(H,28,30)(H,25,26,31). The van der Waals surface area contributed by atoms with Crippen LogP contribution in [0.2, 0.25) is 0 Å². The molecule has 1 amide bonds. The fourth-order valence-electron chi connectivity index (χ4n) is 3.75. The summed E-state index contributed by atoms with van der Waals surface area (Å²) in [7, 11) is -2.55. The Labute approximate surface area is 202 Å². The lowest BCUT2D eigenvalue weighted by Crippen LogP contribution is -2.30. The lowest BCUT2D eigenvalue weighted by Gasteiger charge is -2.13. The number of hydrogen-bond donors (Lipinski definition) is 2. The normalized spacial score (nSPS) is 11.5. The Kier molecular flexibility index (Phi) is 6.70. The van der Waals surface area contributed by atoms with Crippen molar-refractivity contribution in [2.24, 2.45) is 7.05 Å². The summed E-state index contributed by atoms with van der Waals surface area (Å²) in [5, 5.41) is 4.41. The van der Waals surface area contributed by atoms with Crippen LogP contribution in [-0.4, -0.2) is 40.7 Å². The fraction of sp³-hybridized carbons (Fsp3) is 0.250. The minimum Gasteiger partial charge on any atom is -0.493 e. The number of H-pyrrole nitrogens is 1. The van der Waals surface area contributed by atoms with Crippen LogP contribution in [0, 0.1) is 0 Å². The van der Waals surface area contributed by atoms with Crippen LogP contribution in [0.15, 0.2) is 58.2 Å². The van der Waals surface area contributed by atoms with E-state index >= 15 is 0 Å². The van der Waals surface area contributed by atoms with E-state index in [-0.39, 0.29) is 21.8 Å². The second-order valence-electron chi connectivity index (χ2n) is 7.82. The number of carbonyl (C=O) groups is 1.